The number of rotatable bonds is 4. The fourth-order valence-electron chi connectivity index (χ4n) is 5.09. The molecule has 3 aliphatic heterocycles. The first-order valence-electron chi connectivity index (χ1n) is 10.8. The number of piperidine rings is 1. The Morgan fingerprint density at radius 1 is 1.10 bits per heavy atom. The van der Waals surface area contributed by atoms with Crippen molar-refractivity contribution in [2.45, 2.75) is 31.9 Å². The number of ether oxygens (including phenoxy) is 2. The molecule has 0 amide bonds. The molecule has 7 heteroatoms. The molecule has 1 aromatic carbocycles. The van der Waals surface area contributed by atoms with Gasteiger partial charge in [-0.25, -0.2) is 4.98 Å². The largest absolute Gasteiger partial charge is 0.461 e. The minimum Gasteiger partial charge on any atom is -0.461 e. The molecular formula is C22H30N4O3. The molecule has 0 N–H and O–H groups in total. The minimum atomic E-state index is -0.278. The first-order valence-corrected chi connectivity index (χ1v) is 10.8. The SMILES string of the molecule is Cn1c(CN2CCC3(CC2)CC(CN2CCOCC2)OC3=O)nc2ccccc21. The standard InChI is InChI=1S/C22H30N4O3/c1-24-19-5-3-2-4-18(19)23-20(24)16-25-8-6-22(7-9-25)14-17(29-21(22)27)15-26-10-12-28-13-11-26/h2-5,17H,6-16H2,1H3. The van der Waals surface area contributed by atoms with E-state index in [1.54, 1.807) is 0 Å². The monoisotopic (exact) mass is 398 g/mol. The normalized spacial score (nSPS) is 25.7. The second kappa shape index (κ2) is 7.70. The topological polar surface area (TPSA) is 59.8 Å². The summed E-state index contributed by atoms with van der Waals surface area (Å²) in [6.07, 6.45) is 2.67. The Morgan fingerprint density at radius 2 is 1.86 bits per heavy atom. The van der Waals surface area contributed by atoms with E-state index in [9.17, 15) is 4.79 Å². The molecule has 7 nitrogen and oxygen atoms in total. The summed E-state index contributed by atoms with van der Waals surface area (Å²) in [5.74, 6) is 1.11. The van der Waals surface area contributed by atoms with Crippen LogP contribution in [0.15, 0.2) is 24.3 Å². The number of hydrogen-bond donors (Lipinski definition) is 0. The van der Waals surface area contributed by atoms with E-state index in [1.807, 2.05) is 6.07 Å². The fraction of sp³-hybridized carbons (Fsp3) is 0.636. The van der Waals surface area contributed by atoms with Gasteiger partial charge in [0.25, 0.3) is 0 Å². The lowest BCUT2D eigenvalue weighted by molar-refractivity contribution is -0.151. The van der Waals surface area contributed by atoms with Gasteiger partial charge in [-0.2, -0.15) is 0 Å². The summed E-state index contributed by atoms with van der Waals surface area (Å²) >= 11 is 0. The van der Waals surface area contributed by atoms with E-state index in [4.69, 9.17) is 14.5 Å². The van der Waals surface area contributed by atoms with Gasteiger partial charge in [0.1, 0.15) is 11.9 Å². The molecular weight excluding hydrogens is 368 g/mol. The van der Waals surface area contributed by atoms with Crippen molar-refractivity contribution in [3.05, 3.63) is 30.1 Å². The van der Waals surface area contributed by atoms with Gasteiger partial charge in [-0.3, -0.25) is 14.6 Å². The number of fused-ring (bicyclic) bond motifs is 1. The van der Waals surface area contributed by atoms with Crippen LogP contribution in [-0.2, 0) is 27.9 Å². The Kier molecular flexibility index (Phi) is 5.05. The molecule has 0 aliphatic carbocycles. The summed E-state index contributed by atoms with van der Waals surface area (Å²) in [5, 5.41) is 0. The van der Waals surface area contributed by atoms with Crippen LogP contribution < -0.4 is 0 Å². The first-order chi connectivity index (χ1) is 14.1. The van der Waals surface area contributed by atoms with Crippen LogP contribution in [0.4, 0.5) is 0 Å². The number of imidazole rings is 1. The quantitative estimate of drug-likeness (QED) is 0.732. The zero-order valence-electron chi connectivity index (χ0n) is 17.2. The lowest BCUT2D eigenvalue weighted by Crippen LogP contribution is -2.43. The highest BCUT2D eigenvalue weighted by Gasteiger charge is 2.50. The highest BCUT2D eigenvalue weighted by atomic mass is 16.6. The number of nitrogens with zero attached hydrogens (tertiary/aromatic N) is 4. The maximum absolute atomic E-state index is 12.7. The van der Waals surface area contributed by atoms with Gasteiger partial charge in [0.2, 0.25) is 0 Å². The van der Waals surface area contributed by atoms with Crippen LogP contribution in [0.25, 0.3) is 11.0 Å². The Hall–Kier alpha value is -1.96. The van der Waals surface area contributed by atoms with Gasteiger partial charge in [-0.15, -0.1) is 0 Å². The number of cyclic esters (lactones) is 1. The van der Waals surface area contributed by atoms with Crippen LogP contribution in [0.5, 0.6) is 0 Å². The molecule has 1 atom stereocenters. The van der Waals surface area contributed by atoms with Crippen molar-refractivity contribution >= 4 is 17.0 Å². The lowest BCUT2D eigenvalue weighted by Gasteiger charge is -2.36. The Balaban J connectivity index is 1.19. The molecule has 3 saturated heterocycles. The van der Waals surface area contributed by atoms with E-state index in [-0.39, 0.29) is 17.5 Å². The number of carbonyl (C=O) groups excluding carboxylic acids is 1. The molecule has 3 aliphatic rings. The number of benzene rings is 1. The van der Waals surface area contributed by atoms with Gasteiger partial charge in [0.15, 0.2) is 0 Å². The second-order valence-electron chi connectivity index (χ2n) is 8.78. The lowest BCUT2D eigenvalue weighted by atomic mass is 9.76. The molecule has 1 spiro atoms. The number of likely N-dealkylation sites (tertiary alicyclic amines) is 1. The van der Waals surface area contributed by atoms with Gasteiger partial charge in [0, 0.05) is 33.1 Å². The number of morpholine rings is 1. The van der Waals surface area contributed by atoms with Gasteiger partial charge < -0.3 is 14.0 Å². The summed E-state index contributed by atoms with van der Waals surface area (Å²) in [6, 6.07) is 8.26. The molecule has 1 unspecified atom stereocenters. The van der Waals surface area contributed by atoms with Crippen LogP contribution in [0, 0.1) is 5.41 Å². The number of aromatic nitrogens is 2. The predicted octanol–water partition coefficient (Wildman–Crippen LogP) is 1.80. The average molecular weight is 399 g/mol. The minimum absolute atomic E-state index is 0.0261. The van der Waals surface area contributed by atoms with E-state index in [0.29, 0.717) is 0 Å². The van der Waals surface area contributed by atoms with Gasteiger partial charge in [0.05, 0.1) is 36.2 Å². The maximum atomic E-state index is 12.7. The number of esters is 1. The Bertz CT molecular complexity index is 881. The van der Waals surface area contributed by atoms with Crippen LogP contribution in [0.2, 0.25) is 0 Å². The highest BCUT2D eigenvalue weighted by Crippen LogP contribution is 2.43. The third-order valence-electron chi connectivity index (χ3n) is 6.95. The van der Waals surface area contributed by atoms with Crippen molar-refractivity contribution in [1.29, 1.82) is 0 Å². The molecule has 0 saturated carbocycles. The molecule has 1 aromatic heterocycles. The molecule has 5 rings (SSSR count). The van der Waals surface area contributed by atoms with Crippen molar-refractivity contribution in [3.63, 3.8) is 0 Å². The van der Waals surface area contributed by atoms with Gasteiger partial charge >= 0.3 is 5.97 Å². The maximum Gasteiger partial charge on any atom is 0.312 e. The van der Waals surface area contributed by atoms with Crippen molar-refractivity contribution < 1.29 is 14.3 Å². The van der Waals surface area contributed by atoms with E-state index < -0.39 is 0 Å². The summed E-state index contributed by atoms with van der Waals surface area (Å²) < 4.78 is 13.4. The van der Waals surface area contributed by atoms with Crippen LogP contribution >= 0.6 is 0 Å². The van der Waals surface area contributed by atoms with Crippen molar-refractivity contribution in [3.8, 4) is 0 Å². The van der Waals surface area contributed by atoms with E-state index in [2.05, 4.69) is 39.6 Å². The number of para-hydroxylation sites is 2. The summed E-state index contributed by atoms with van der Waals surface area (Å²) in [5.41, 5.74) is 1.94. The molecule has 29 heavy (non-hydrogen) atoms. The Labute approximate surface area is 171 Å². The van der Waals surface area contributed by atoms with E-state index >= 15 is 0 Å². The second-order valence-corrected chi connectivity index (χ2v) is 8.78. The predicted molar refractivity (Wildman–Crippen MR) is 109 cm³/mol. The number of aryl methyl sites for hydroxylation is 1. The third kappa shape index (κ3) is 3.67. The molecule has 4 heterocycles. The fourth-order valence-corrected chi connectivity index (χ4v) is 5.09. The Morgan fingerprint density at radius 3 is 2.62 bits per heavy atom. The van der Waals surface area contributed by atoms with Crippen molar-refractivity contribution in [1.82, 2.24) is 19.4 Å². The molecule has 0 radical (unpaired) electrons. The third-order valence-corrected chi connectivity index (χ3v) is 6.95. The van der Waals surface area contributed by atoms with Crippen molar-refractivity contribution in [2.24, 2.45) is 12.5 Å². The van der Waals surface area contributed by atoms with Gasteiger partial charge in [-0.1, -0.05) is 12.1 Å². The molecule has 2 aromatic rings. The van der Waals surface area contributed by atoms with Crippen molar-refractivity contribution in [2.75, 3.05) is 45.9 Å². The summed E-state index contributed by atoms with van der Waals surface area (Å²) in [7, 11) is 2.08. The van der Waals surface area contributed by atoms with Crippen LogP contribution in [-0.4, -0.2) is 77.4 Å². The van der Waals surface area contributed by atoms with Crippen LogP contribution in [0.1, 0.15) is 25.1 Å². The van der Waals surface area contributed by atoms with Gasteiger partial charge in [-0.05, 0) is 38.1 Å². The van der Waals surface area contributed by atoms with Crippen LogP contribution in [0.3, 0.4) is 0 Å². The van der Waals surface area contributed by atoms with E-state index in [1.165, 1.54) is 5.52 Å². The molecule has 156 valence electrons. The molecule has 3 fully saturated rings. The first kappa shape index (κ1) is 19.0. The number of hydrogen-bond acceptors (Lipinski definition) is 6. The zero-order chi connectivity index (χ0) is 19.8. The highest BCUT2D eigenvalue weighted by molar-refractivity contribution is 5.79. The zero-order valence-corrected chi connectivity index (χ0v) is 17.2. The average Bonchev–Trinajstić information content (AvgIpc) is 3.21. The number of carbonyl (C=O) groups is 1. The molecule has 0 bridgehead atoms. The summed E-state index contributed by atoms with van der Waals surface area (Å²) in [6.45, 7) is 6.95. The smallest absolute Gasteiger partial charge is 0.312 e. The van der Waals surface area contributed by atoms with E-state index in [0.717, 1.165) is 83.1 Å². The summed E-state index contributed by atoms with van der Waals surface area (Å²) in [4.78, 5) is 22.3.